The molecule has 1 amide bonds. The van der Waals surface area contributed by atoms with Gasteiger partial charge in [0.1, 0.15) is 0 Å². The topological polar surface area (TPSA) is 46.3 Å². The van der Waals surface area contributed by atoms with Crippen LogP contribution in [0.25, 0.3) is 0 Å². The first-order chi connectivity index (χ1) is 8.97. The van der Waals surface area contributed by atoms with Gasteiger partial charge in [0.2, 0.25) is 5.91 Å². The van der Waals surface area contributed by atoms with Crippen molar-refractivity contribution in [3.05, 3.63) is 29.8 Å². The van der Waals surface area contributed by atoms with Gasteiger partial charge < -0.3 is 10.6 Å². The Morgan fingerprint density at radius 2 is 1.79 bits per heavy atom. The Morgan fingerprint density at radius 1 is 1.26 bits per heavy atom. The van der Waals surface area contributed by atoms with E-state index in [1.165, 1.54) is 5.56 Å². The normalized spacial score (nSPS) is 24.5. The lowest BCUT2D eigenvalue weighted by Crippen LogP contribution is -2.29. The summed E-state index contributed by atoms with van der Waals surface area (Å²) in [6.07, 6.45) is 0.587. The summed E-state index contributed by atoms with van der Waals surface area (Å²) in [7, 11) is 0. The first kappa shape index (κ1) is 13.9. The summed E-state index contributed by atoms with van der Waals surface area (Å²) in [6, 6.07) is 7.83. The molecule has 1 fully saturated rings. The lowest BCUT2D eigenvalue weighted by molar-refractivity contribution is -0.130. The van der Waals surface area contributed by atoms with Gasteiger partial charge in [-0.15, -0.1) is 0 Å². The van der Waals surface area contributed by atoms with E-state index in [2.05, 4.69) is 20.8 Å². The average Bonchev–Trinajstić information content (AvgIpc) is 2.70. The van der Waals surface area contributed by atoms with Crippen LogP contribution in [0.2, 0.25) is 0 Å². The monoisotopic (exact) mass is 260 g/mol. The molecule has 0 spiro atoms. The third kappa shape index (κ3) is 3.28. The van der Waals surface area contributed by atoms with Crippen LogP contribution in [0, 0.1) is 11.8 Å². The maximum absolute atomic E-state index is 12.3. The van der Waals surface area contributed by atoms with Crippen molar-refractivity contribution in [2.75, 3.05) is 18.8 Å². The second kappa shape index (κ2) is 5.64. The zero-order chi connectivity index (χ0) is 14.0. The molecule has 3 nitrogen and oxygen atoms in total. The van der Waals surface area contributed by atoms with Crippen LogP contribution in [0.5, 0.6) is 0 Å². The van der Waals surface area contributed by atoms with Crippen LogP contribution in [-0.2, 0) is 4.79 Å². The molecule has 2 rings (SSSR count). The molecule has 1 saturated heterocycles. The number of likely N-dealkylation sites (tertiary alicyclic amines) is 1. The highest BCUT2D eigenvalue weighted by atomic mass is 16.2. The van der Waals surface area contributed by atoms with E-state index >= 15 is 0 Å². The number of anilines is 1. The maximum Gasteiger partial charge on any atom is 0.223 e. The number of carbonyl (C=O) groups is 1. The van der Waals surface area contributed by atoms with Gasteiger partial charge in [-0.2, -0.15) is 0 Å². The lowest BCUT2D eigenvalue weighted by Gasteiger charge is -2.19. The summed E-state index contributed by atoms with van der Waals surface area (Å²) in [5.74, 6) is 1.77. The summed E-state index contributed by atoms with van der Waals surface area (Å²) in [4.78, 5) is 14.3. The Kier molecular flexibility index (Phi) is 4.13. The number of carbonyl (C=O) groups excluding carboxylic acids is 1. The summed E-state index contributed by atoms with van der Waals surface area (Å²) < 4.78 is 0. The van der Waals surface area contributed by atoms with E-state index in [1.54, 1.807) is 0 Å². The van der Waals surface area contributed by atoms with Crippen LogP contribution in [0.3, 0.4) is 0 Å². The van der Waals surface area contributed by atoms with Gasteiger partial charge in [0.05, 0.1) is 0 Å². The molecular weight excluding hydrogens is 236 g/mol. The second-order valence-electron chi connectivity index (χ2n) is 6.03. The maximum atomic E-state index is 12.3. The van der Waals surface area contributed by atoms with E-state index in [0.29, 0.717) is 18.3 Å². The second-order valence-corrected chi connectivity index (χ2v) is 6.03. The number of hydrogen-bond acceptors (Lipinski definition) is 2. The standard InChI is InChI=1S/C16H24N2O/c1-11(14-4-6-15(17)7-5-14)8-16(19)18-9-12(2)13(3)10-18/h4-7,11-13H,8-10,17H2,1-3H3. The predicted molar refractivity (Wildman–Crippen MR) is 78.8 cm³/mol. The van der Waals surface area contributed by atoms with Crippen LogP contribution in [0.15, 0.2) is 24.3 Å². The van der Waals surface area contributed by atoms with Crippen LogP contribution in [0.4, 0.5) is 5.69 Å². The molecule has 2 N–H and O–H groups in total. The molecule has 3 unspecified atom stereocenters. The Hall–Kier alpha value is -1.51. The summed E-state index contributed by atoms with van der Waals surface area (Å²) in [5.41, 5.74) is 7.63. The summed E-state index contributed by atoms with van der Waals surface area (Å²) in [6.45, 7) is 8.37. The van der Waals surface area contributed by atoms with Gasteiger partial charge in [-0.25, -0.2) is 0 Å². The molecule has 1 heterocycles. The lowest BCUT2D eigenvalue weighted by atomic mass is 9.97. The quantitative estimate of drug-likeness (QED) is 0.849. The summed E-state index contributed by atoms with van der Waals surface area (Å²) >= 11 is 0. The number of nitrogens with two attached hydrogens (primary N) is 1. The molecule has 0 aromatic heterocycles. The van der Waals surface area contributed by atoms with Gasteiger partial charge in [-0.1, -0.05) is 32.9 Å². The van der Waals surface area contributed by atoms with Crippen molar-refractivity contribution >= 4 is 11.6 Å². The molecule has 0 saturated carbocycles. The SMILES string of the molecule is CC(CC(=O)N1CC(C)C(C)C1)c1ccc(N)cc1. The van der Waals surface area contributed by atoms with E-state index in [9.17, 15) is 4.79 Å². The van der Waals surface area contributed by atoms with Crippen molar-refractivity contribution < 1.29 is 4.79 Å². The minimum atomic E-state index is 0.249. The van der Waals surface area contributed by atoms with Crippen LogP contribution in [-0.4, -0.2) is 23.9 Å². The number of benzene rings is 1. The molecule has 3 heteroatoms. The van der Waals surface area contributed by atoms with Gasteiger partial charge >= 0.3 is 0 Å². The van der Waals surface area contributed by atoms with E-state index in [1.807, 2.05) is 29.2 Å². The Morgan fingerprint density at radius 3 is 2.32 bits per heavy atom. The summed E-state index contributed by atoms with van der Waals surface area (Å²) in [5, 5.41) is 0. The van der Waals surface area contributed by atoms with Gasteiger partial charge in [-0.3, -0.25) is 4.79 Å². The molecule has 19 heavy (non-hydrogen) atoms. The van der Waals surface area contributed by atoms with Crippen LogP contribution in [0.1, 0.15) is 38.7 Å². The molecule has 0 bridgehead atoms. The minimum absolute atomic E-state index is 0.249. The third-order valence-corrected chi connectivity index (χ3v) is 4.33. The minimum Gasteiger partial charge on any atom is -0.399 e. The number of nitrogen functional groups attached to an aromatic ring is 1. The van der Waals surface area contributed by atoms with Crippen LogP contribution >= 0.6 is 0 Å². The highest BCUT2D eigenvalue weighted by Crippen LogP contribution is 2.26. The van der Waals surface area contributed by atoms with E-state index < -0.39 is 0 Å². The number of hydrogen-bond donors (Lipinski definition) is 1. The highest BCUT2D eigenvalue weighted by Gasteiger charge is 2.29. The molecule has 1 aromatic carbocycles. The molecule has 1 aromatic rings. The first-order valence-corrected chi connectivity index (χ1v) is 7.10. The fourth-order valence-corrected chi connectivity index (χ4v) is 2.67. The molecule has 104 valence electrons. The van der Waals surface area contributed by atoms with Crippen molar-refractivity contribution in [2.24, 2.45) is 11.8 Å². The Balaban J connectivity index is 1.94. The van der Waals surface area contributed by atoms with Crippen molar-refractivity contribution in [1.29, 1.82) is 0 Å². The fraction of sp³-hybridized carbons (Fsp3) is 0.562. The molecule has 1 aliphatic rings. The predicted octanol–water partition coefficient (Wildman–Crippen LogP) is 2.88. The Labute approximate surface area is 115 Å². The third-order valence-electron chi connectivity index (χ3n) is 4.33. The van der Waals surface area contributed by atoms with E-state index in [-0.39, 0.29) is 11.8 Å². The molecule has 1 aliphatic heterocycles. The van der Waals surface area contributed by atoms with Gasteiger partial charge in [0, 0.05) is 25.2 Å². The van der Waals surface area contributed by atoms with Gasteiger partial charge in [-0.05, 0) is 35.4 Å². The first-order valence-electron chi connectivity index (χ1n) is 7.10. The molecule has 3 atom stereocenters. The van der Waals surface area contributed by atoms with Crippen molar-refractivity contribution in [3.8, 4) is 0 Å². The number of rotatable bonds is 3. The van der Waals surface area contributed by atoms with Gasteiger partial charge in [0.25, 0.3) is 0 Å². The fourth-order valence-electron chi connectivity index (χ4n) is 2.67. The smallest absolute Gasteiger partial charge is 0.223 e. The molecule has 0 aliphatic carbocycles. The van der Waals surface area contributed by atoms with Crippen molar-refractivity contribution in [1.82, 2.24) is 4.90 Å². The zero-order valence-electron chi connectivity index (χ0n) is 12.1. The number of amides is 1. The van der Waals surface area contributed by atoms with Crippen LogP contribution < -0.4 is 5.73 Å². The van der Waals surface area contributed by atoms with E-state index in [4.69, 9.17) is 5.73 Å². The van der Waals surface area contributed by atoms with Gasteiger partial charge in [0.15, 0.2) is 0 Å². The molecule has 0 radical (unpaired) electrons. The highest BCUT2D eigenvalue weighted by molar-refractivity contribution is 5.77. The van der Waals surface area contributed by atoms with E-state index in [0.717, 1.165) is 18.8 Å². The Bertz CT molecular complexity index is 431. The molecular formula is C16H24N2O. The zero-order valence-corrected chi connectivity index (χ0v) is 12.1. The van der Waals surface area contributed by atoms with Crippen molar-refractivity contribution in [2.45, 2.75) is 33.1 Å². The number of nitrogens with zero attached hydrogens (tertiary/aromatic N) is 1. The van der Waals surface area contributed by atoms with Crippen molar-refractivity contribution in [3.63, 3.8) is 0 Å². The largest absolute Gasteiger partial charge is 0.399 e. The average molecular weight is 260 g/mol.